The van der Waals surface area contributed by atoms with Gasteiger partial charge in [0.15, 0.2) is 5.78 Å². The molecule has 0 atom stereocenters. The highest BCUT2D eigenvalue weighted by Crippen LogP contribution is 2.16. The number of carbonyl (C=O) groups is 2. The lowest BCUT2D eigenvalue weighted by Crippen LogP contribution is -2.42. The molecule has 0 radical (unpaired) electrons. The van der Waals surface area contributed by atoms with Crippen molar-refractivity contribution in [2.45, 2.75) is 39.7 Å². The fourth-order valence-electron chi connectivity index (χ4n) is 2.40. The summed E-state index contributed by atoms with van der Waals surface area (Å²) in [5, 5.41) is 9.18. The zero-order valence-corrected chi connectivity index (χ0v) is 12.7. The van der Waals surface area contributed by atoms with E-state index in [9.17, 15) is 14.7 Å². The lowest BCUT2D eigenvalue weighted by Gasteiger charge is -2.30. The average Bonchev–Trinajstić information content (AvgIpc) is 2.80. The van der Waals surface area contributed by atoms with Gasteiger partial charge in [0, 0.05) is 31.4 Å². The Morgan fingerprint density at radius 3 is 2.35 bits per heavy atom. The second-order valence-corrected chi connectivity index (χ2v) is 4.97. The molecule has 1 amide bonds. The number of Topliss-reactive ketones (excluding diaryl/α,β-unsaturated/α-hetero) is 1. The summed E-state index contributed by atoms with van der Waals surface area (Å²) in [6, 6.07) is 1.72. The molecule has 5 nitrogen and oxygen atoms in total. The first-order valence-corrected chi connectivity index (χ1v) is 7.05. The van der Waals surface area contributed by atoms with E-state index in [-0.39, 0.29) is 24.3 Å². The Morgan fingerprint density at radius 2 is 1.95 bits per heavy atom. The molecule has 1 aromatic heterocycles. The molecule has 0 spiro atoms. The van der Waals surface area contributed by atoms with Crippen molar-refractivity contribution in [3.8, 4) is 0 Å². The smallest absolute Gasteiger partial charge is 0.270 e. The van der Waals surface area contributed by atoms with Crippen LogP contribution in [0.1, 0.15) is 54.5 Å². The third-order valence-corrected chi connectivity index (χ3v) is 3.62. The molecule has 5 heteroatoms. The second kappa shape index (κ2) is 7.24. The van der Waals surface area contributed by atoms with Crippen molar-refractivity contribution in [2.24, 2.45) is 7.05 Å². The normalized spacial score (nSPS) is 10.9. The van der Waals surface area contributed by atoms with Crippen molar-refractivity contribution in [2.75, 3.05) is 13.2 Å². The largest absolute Gasteiger partial charge is 0.395 e. The minimum absolute atomic E-state index is 0.0594. The standard InChI is InChI=1S/C15H24N2O3/c1-5-13(6-2)17(7-8-18)15(20)14-9-12(11(3)19)10-16(14)4/h9-10,13,18H,5-8H2,1-4H3. The first-order chi connectivity index (χ1) is 9.46. The number of aromatic nitrogens is 1. The topological polar surface area (TPSA) is 62.5 Å². The van der Waals surface area contributed by atoms with Crippen LogP contribution in [0.3, 0.4) is 0 Å². The van der Waals surface area contributed by atoms with Gasteiger partial charge in [-0.2, -0.15) is 0 Å². The third-order valence-electron chi connectivity index (χ3n) is 3.62. The number of hydrogen-bond acceptors (Lipinski definition) is 3. The molecule has 0 saturated carbocycles. The molecule has 0 fully saturated rings. The van der Waals surface area contributed by atoms with E-state index in [1.165, 1.54) is 6.92 Å². The Bertz CT molecular complexity index is 475. The van der Waals surface area contributed by atoms with Crippen LogP contribution in [0.25, 0.3) is 0 Å². The molecule has 0 aromatic carbocycles. The molecule has 0 aliphatic carbocycles. The van der Waals surface area contributed by atoms with Crippen LogP contribution in [0.2, 0.25) is 0 Å². The molecule has 0 unspecified atom stereocenters. The van der Waals surface area contributed by atoms with E-state index in [2.05, 4.69) is 0 Å². The monoisotopic (exact) mass is 280 g/mol. The Balaban J connectivity index is 3.08. The summed E-state index contributed by atoms with van der Waals surface area (Å²) in [6.45, 7) is 5.78. The summed E-state index contributed by atoms with van der Waals surface area (Å²) in [5.41, 5.74) is 1.01. The summed E-state index contributed by atoms with van der Waals surface area (Å²) >= 11 is 0. The number of nitrogens with zero attached hydrogens (tertiary/aromatic N) is 2. The molecule has 1 rings (SSSR count). The lowest BCUT2D eigenvalue weighted by molar-refractivity contribution is 0.0612. The Hall–Kier alpha value is -1.62. The third kappa shape index (κ3) is 3.48. The highest BCUT2D eigenvalue weighted by atomic mass is 16.3. The second-order valence-electron chi connectivity index (χ2n) is 4.97. The molecule has 1 N–H and O–H groups in total. The van der Waals surface area contributed by atoms with Gasteiger partial charge in [-0.1, -0.05) is 13.8 Å². The van der Waals surface area contributed by atoms with Crippen LogP contribution in [0.15, 0.2) is 12.3 Å². The van der Waals surface area contributed by atoms with Crippen LogP contribution in [-0.4, -0.2) is 45.5 Å². The zero-order chi connectivity index (χ0) is 15.3. The SMILES string of the molecule is CCC(CC)N(CCO)C(=O)c1cc(C(C)=O)cn1C. The maximum Gasteiger partial charge on any atom is 0.270 e. The van der Waals surface area contributed by atoms with E-state index in [1.54, 1.807) is 28.8 Å². The highest BCUT2D eigenvalue weighted by Gasteiger charge is 2.24. The quantitative estimate of drug-likeness (QED) is 0.775. The van der Waals surface area contributed by atoms with E-state index in [4.69, 9.17) is 0 Å². The lowest BCUT2D eigenvalue weighted by atomic mass is 10.1. The summed E-state index contributed by atoms with van der Waals surface area (Å²) in [5.74, 6) is -0.196. The molecular formula is C15H24N2O3. The van der Waals surface area contributed by atoms with Gasteiger partial charge in [-0.3, -0.25) is 9.59 Å². The van der Waals surface area contributed by atoms with Crippen molar-refractivity contribution in [3.05, 3.63) is 23.5 Å². The average molecular weight is 280 g/mol. The minimum Gasteiger partial charge on any atom is -0.395 e. The minimum atomic E-state index is -0.136. The number of ketones is 1. The van der Waals surface area contributed by atoms with E-state index in [1.807, 2.05) is 13.8 Å². The van der Waals surface area contributed by atoms with Crippen molar-refractivity contribution < 1.29 is 14.7 Å². The van der Waals surface area contributed by atoms with Crippen LogP contribution >= 0.6 is 0 Å². The van der Waals surface area contributed by atoms with Gasteiger partial charge < -0.3 is 14.6 Å². The van der Waals surface area contributed by atoms with E-state index < -0.39 is 0 Å². The number of aliphatic hydroxyl groups is 1. The summed E-state index contributed by atoms with van der Waals surface area (Å²) in [6.07, 6.45) is 3.35. The Morgan fingerprint density at radius 1 is 1.35 bits per heavy atom. The number of aryl methyl sites for hydroxylation is 1. The number of amides is 1. The fourth-order valence-corrected chi connectivity index (χ4v) is 2.40. The first kappa shape index (κ1) is 16.4. The van der Waals surface area contributed by atoms with Gasteiger partial charge in [0.25, 0.3) is 5.91 Å². The van der Waals surface area contributed by atoms with Gasteiger partial charge in [-0.05, 0) is 25.8 Å². The molecular weight excluding hydrogens is 256 g/mol. The van der Waals surface area contributed by atoms with Gasteiger partial charge in [0.05, 0.1) is 6.61 Å². The summed E-state index contributed by atoms with van der Waals surface area (Å²) < 4.78 is 1.67. The van der Waals surface area contributed by atoms with Crippen molar-refractivity contribution in [3.63, 3.8) is 0 Å². The molecule has 0 saturated heterocycles. The maximum atomic E-state index is 12.6. The first-order valence-electron chi connectivity index (χ1n) is 7.05. The summed E-state index contributed by atoms with van der Waals surface area (Å²) in [7, 11) is 1.75. The number of hydrogen-bond donors (Lipinski definition) is 1. The number of aliphatic hydroxyl groups excluding tert-OH is 1. The molecule has 112 valence electrons. The molecule has 0 aliphatic rings. The highest BCUT2D eigenvalue weighted by molar-refractivity contribution is 5.99. The zero-order valence-electron chi connectivity index (χ0n) is 12.7. The fraction of sp³-hybridized carbons (Fsp3) is 0.600. The predicted molar refractivity (Wildman–Crippen MR) is 77.9 cm³/mol. The van der Waals surface area contributed by atoms with Crippen LogP contribution in [0, 0.1) is 0 Å². The molecule has 0 aliphatic heterocycles. The van der Waals surface area contributed by atoms with Gasteiger partial charge >= 0.3 is 0 Å². The van der Waals surface area contributed by atoms with E-state index >= 15 is 0 Å². The van der Waals surface area contributed by atoms with E-state index in [0.29, 0.717) is 17.8 Å². The Labute approximate surface area is 120 Å². The van der Waals surface area contributed by atoms with Gasteiger partial charge in [0.1, 0.15) is 5.69 Å². The predicted octanol–water partition coefficient (Wildman–Crippen LogP) is 1.85. The van der Waals surface area contributed by atoms with Crippen LogP contribution in [0.4, 0.5) is 0 Å². The Kier molecular flexibility index (Phi) is 5.95. The van der Waals surface area contributed by atoms with Crippen molar-refractivity contribution >= 4 is 11.7 Å². The van der Waals surface area contributed by atoms with Crippen molar-refractivity contribution in [1.82, 2.24) is 9.47 Å². The van der Waals surface area contributed by atoms with Crippen molar-refractivity contribution in [1.29, 1.82) is 0 Å². The van der Waals surface area contributed by atoms with Crippen LogP contribution in [0.5, 0.6) is 0 Å². The molecule has 20 heavy (non-hydrogen) atoms. The summed E-state index contributed by atoms with van der Waals surface area (Å²) in [4.78, 5) is 25.7. The molecule has 1 heterocycles. The van der Waals surface area contributed by atoms with Gasteiger partial charge in [-0.25, -0.2) is 0 Å². The van der Waals surface area contributed by atoms with Crippen LogP contribution < -0.4 is 0 Å². The van der Waals surface area contributed by atoms with Gasteiger partial charge in [0.2, 0.25) is 0 Å². The molecule has 0 bridgehead atoms. The van der Waals surface area contributed by atoms with Crippen LogP contribution in [-0.2, 0) is 7.05 Å². The van der Waals surface area contributed by atoms with Gasteiger partial charge in [-0.15, -0.1) is 0 Å². The van der Waals surface area contributed by atoms with E-state index in [0.717, 1.165) is 12.8 Å². The molecule has 1 aromatic rings. The number of carbonyl (C=O) groups excluding carboxylic acids is 2. The maximum absolute atomic E-state index is 12.6. The number of rotatable bonds is 7.